The molecule has 0 spiro atoms. The van der Waals surface area contributed by atoms with Crippen LogP contribution < -0.4 is 11.3 Å². The summed E-state index contributed by atoms with van der Waals surface area (Å²) in [5.74, 6) is 5.25. The third-order valence-corrected chi connectivity index (χ3v) is 3.21. The summed E-state index contributed by atoms with van der Waals surface area (Å²) in [6, 6.07) is 10.9. The Kier molecular flexibility index (Phi) is 4.19. The Bertz CT molecular complexity index is 543. The number of halogens is 3. The second kappa shape index (κ2) is 5.67. The van der Waals surface area contributed by atoms with E-state index in [1.807, 2.05) is 0 Å². The highest BCUT2D eigenvalue weighted by Gasteiger charge is 2.15. The molecule has 0 saturated heterocycles. The number of hydrogen-bond acceptors (Lipinski definition) is 2. The SMILES string of the molecule is NNC(c1ccc(F)cc1)c1ccc(Cl)cc1Cl. The zero-order valence-corrected chi connectivity index (χ0v) is 10.8. The molecule has 0 bridgehead atoms. The highest BCUT2D eigenvalue weighted by Crippen LogP contribution is 2.30. The van der Waals surface area contributed by atoms with Gasteiger partial charge in [-0.15, -0.1) is 0 Å². The Morgan fingerprint density at radius 2 is 1.72 bits per heavy atom. The molecule has 0 amide bonds. The van der Waals surface area contributed by atoms with E-state index in [1.54, 1.807) is 30.3 Å². The fourth-order valence-corrected chi connectivity index (χ4v) is 2.27. The van der Waals surface area contributed by atoms with Gasteiger partial charge in [0.15, 0.2) is 0 Å². The van der Waals surface area contributed by atoms with Crippen LogP contribution in [-0.2, 0) is 0 Å². The smallest absolute Gasteiger partial charge is 0.123 e. The van der Waals surface area contributed by atoms with Crippen molar-refractivity contribution in [3.8, 4) is 0 Å². The zero-order chi connectivity index (χ0) is 13.1. The summed E-state index contributed by atoms with van der Waals surface area (Å²) in [5, 5.41) is 1.06. The molecular weight excluding hydrogens is 274 g/mol. The van der Waals surface area contributed by atoms with Crippen molar-refractivity contribution in [3.05, 3.63) is 69.5 Å². The van der Waals surface area contributed by atoms with Crippen molar-refractivity contribution in [1.29, 1.82) is 0 Å². The minimum Gasteiger partial charge on any atom is -0.271 e. The number of nitrogens with two attached hydrogens (primary N) is 1. The Labute approximate surface area is 114 Å². The van der Waals surface area contributed by atoms with Crippen molar-refractivity contribution >= 4 is 23.2 Å². The van der Waals surface area contributed by atoms with Crippen molar-refractivity contribution in [2.45, 2.75) is 6.04 Å². The second-order valence-electron chi connectivity index (χ2n) is 3.82. The van der Waals surface area contributed by atoms with Crippen LogP contribution in [0.15, 0.2) is 42.5 Å². The van der Waals surface area contributed by atoms with E-state index in [1.165, 1.54) is 12.1 Å². The molecule has 0 radical (unpaired) electrons. The van der Waals surface area contributed by atoms with Gasteiger partial charge in [0.2, 0.25) is 0 Å². The van der Waals surface area contributed by atoms with E-state index in [0.717, 1.165) is 11.1 Å². The van der Waals surface area contributed by atoms with Gasteiger partial charge in [0.05, 0.1) is 6.04 Å². The average molecular weight is 285 g/mol. The van der Waals surface area contributed by atoms with Gasteiger partial charge in [-0.3, -0.25) is 5.84 Å². The maximum atomic E-state index is 12.9. The summed E-state index contributed by atoms with van der Waals surface area (Å²) >= 11 is 12.0. The van der Waals surface area contributed by atoms with Gasteiger partial charge in [-0.1, -0.05) is 41.4 Å². The molecule has 0 saturated carbocycles. The molecular formula is C13H11Cl2FN2. The van der Waals surface area contributed by atoms with Crippen molar-refractivity contribution in [2.75, 3.05) is 0 Å². The summed E-state index contributed by atoms with van der Waals surface area (Å²) in [4.78, 5) is 0. The van der Waals surface area contributed by atoms with Gasteiger partial charge in [0, 0.05) is 10.0 Å². The van der Waals surface area contributed by atoms with E-state index < -0.39 is 0 Å². The Balaban J connectivity index is 2.41. The molecule has 0 heterocycles. The molecule has 1 atom stereocenters. The van der Waals surface area contributed by atoms with E-state index in [-0.39, 0.29) is 11.9 Å². The van der Waals surface area contributed by atoms with E-state index in [4.69, 9.17) is 29.0 Å². The predicted molar refractivity (Wildman–Crippen MR) is 72.0 cm³/mol. The molecule has 3 N–H and O–H groups in total. The topological polar surface area (TPSA) is 38.0 Å². The van der Waals surface area contributed by atoms with Crippen molar-refractivity contribution in [3.63, 3.8) is 0 Å². The third-order valence-electron chi connectivity index (χ3n) is 2.64. The summed E-state index contributed by atoms with van der Waals surface area (Å²) in [6.07, 6.45) is 0. The Morgan fingerprint density at radius 3 is 2.28 bits per heavy atom. The summed E-state index contributed by atoms with van der Waals surface area (Å²) in [7, 11) is 0. The van der Waals surface area contributed by atoms with Crippen LogP contribution in [-0.4, -0.2) is 0 Å². The van der Waals surface area contributed by atoms with Crippen LogP contribution in [0.2, 0.25) is 10.0 Å². The van der Waals surface area contributed by atoms with Gasteiger partial charge in [-0.25, -0.2) is 9.82 Å². The Hall–Kier alpha value is -1.13. The molecule has 5 heteroatoms. The van der Waals surface area contributed by atoms with Gasteiger partial charge in [-0.2, -0.15) is 0 Å². The molecule has 2 rings (SSSR count). The minimum absolute atomic E-state index is 0.295. The van der Waals surface area contributed by atoms with E-state index in [2.05, 4.69) is 5.43 Å². The lowest BCUT2D eigenvalue weighted by molar-refractivity contribution is 0.615. The quantitative estimate of drug-likeness (QED) is 0.666. The van der Waals surface area contributed by atoms with E-state index >= 15 is 0 Å². The first-order valence-electron chi connectivity index (χ1n) is 5.28. The van der Waals surface area contributed by atoms with Crippen LogP contribution in [0.3, 0.4) is 0 Å². The van der Waals surface area contributed by atoms with Gasteiger partial charge < -0.3 is 0 Å². The number of hydrazine groups is 1. The highest BCUT2D eigenvalue weighted by molar-refractivity contribution is 6.35. The maximum Gasteiger partial charge on any atom is 0.123 e. The average Bonchev–Trinajstić information content (AvgIpc) is 2.35. The van der Waals surface area contributed by atoms with Crippen molar-refractivity contribution in [1.82, 2.24) is 5.43 Å². The normalized spacial score (nSPS) is 12.4. The van der Waals surface area contributed by atoms with Crippen molar-refractivity contribution in [2.24, 2.45) is 5.84 Å². The third kappa shape index (κ3) is 2.82. The van der Waals surface area contributed by atoms with Crippen LogP contribution >= 0.6 is 23.2 Å². The summed E-state index contributed by atoms with van der Waals surface area (Å²) in [5.41, 5.74) is 4.27. The molecule has 2 nitrogen and oxygen atoms in total. The van der Waals surface area contributed by atoms with Crippen LogP contribution in [0.5, 0.6) is 0 Å². The van der Waals surface area contributed by atoms with Gasteiger partial charge >= 0.3 is 0 Å². The summed E-state index contributed by atoms with van der Waals surface area (Å²) < 4.78 is 12.9. The molecule has 0 aliphatic carbocycles. The van der Waals surface area contributed by atoms with Gasteiger partial charge in [-0.05, 0) is 35.4 Å². The number of nitrogens with one attached hydrogen (secondary N) is 1. The largest absolute Gasteiger partial charge is 0.271 e. The highest BCUT2D eigenvalue weighted by atomic mass is 35.5. The molecule has 0 aliphatic rings. The molecule has 18 heavy (non-hydrogen) atoms. The first-order valence-corrected chi connectivity index (χ1v) is 6.04. The zero-order valence-electron chi connectivity index (χ0n) is 9.33. The lowest BCUT2D eigenvalue weighted by Gasteiger charge is -2.18. The van der Waals surface area contributed by atoms with Gasteiger partial charge in [0.1, 0.15) is 5.82 Å². The lowest BCUT2D eigenvalue weighted by Crippen LogP contribution is -2.29. The molecule has 2 aromatic rings. The fraction of sp³-hybridized carbons (Fsp3) is 0.0769. The second-order valence-corrected chi connectivity index (χ2v) is 4.66. The maximum absolute atomic E-state index is 12.9. The van der Waals surface area contributed by atoms with Crippen molar-refractivity contribution < 1.29 is 4.39 Å². The molecule has 0 fully saturated rings. The molecule has 0 aromatic heterocycles. The monoisotopic (exact) mass is 284 g/mol. The predicted octanol–water partition coefficient (Wildman–Crippen LogP) is 3.69. The van der Waals surface area contributed by atoms with Crippen LogP contribution in [0.25, 0.3) is 0 Å². The minimum atomic E-state index is -0.310. The van der Waals surface area contributed by atoms with Crippen LogP contribution in [0.4, 0.5) is 4.39 Å². The Morgan fingerprint density at radius 1 is 1.06 bits per heavy atom. The van der Waals surface area contributed by atoms with E-state index in [9.17, 15) is 4.39 Å². The first kappa shape index (κ1) is 13.3. The molecule has 2 aromatic carbocycles. The number of rotatable bonds is 3. The van der Waals surface area contributed by atoms with Crippen LogP contribution in [0.1, 0.15) is 17.2 Å². The fourth-order valence-electron chi connectivity index (χ4n) is 1.76. The molecule has 0 aliphatic heterocycles. The number of benzene rings is 2. The standard InChI is InChI=1S/C13H11Cl2FN2/c14-9-3-6-11(12(15)7-9)13(18-17)8-1-4-10(16)5-2-8/h1-7,13,18H,17H2. The van der Waals surface area contributed by atoms with Crippen LogP contribution in [0, 0.1) is 5.82 Å². The lowest BCUT2D eigenvalue weighted by atomic mass is 9.99. The molecule has 1 unspecified atom stereocenters. The van der Waals surface area contributed by atoms with Gasteiger partial charge in [0.25, 0.3) is 0 Å². The van der Waals surface area contributed by atoms with E-state index in [0.29, 0.717) is 10.0 Å². The molecule has 94 valence electrons. The summed E-state index contributed by atoms with van der Waals surface area (Å²) in [6.45, 7) is 0. The number of hydrogen-bond donors (Lipinski definition) is 2. The first-order chi connectivity index (χ1) is 8.61.